The Bertz CT molecular complexity index is 583. The molecule has 1 aliphatic rings. The van der Waals surface area contributed by atoms with Crippen LogP contribution >= 0.6 is 0 Å². The molecule has 18 heavy (non-hydrogen) atoms. The Hall–Kier alpha value is -1.60. The van der Waals surface area contributed by atoms with E-state index in [1.54, 1.807) is 18.2 Å². The number of rotatable bonds is 2. The van der Waals surface area contributed by atoms with Crippen molar-refractivity contribution in [2.24, 2.45) is 5.84 Å². The van der Waals surface area contributed by atoms with Gasteiger partial charge in [-0.2, -0.15) is 0 Å². The topological polar surface area (TPSA) is 92.5 Å². The van der Waals surface area contributed by atoms with E-state index in [4.69, 9.17) is 5.84 Å². The van der Waals surface area contributed by atoms with Crippen LogP contribution in [0.25, 0.3) is 0 Å². The summed E-state index contributed by atoms with van der Waals surface area (Å²) in [5.74, 6) is 4.69. The summed E-state index contributed by atoms with van der Waals surface area (Å²) >= 11 is 0. The summed E-state index contributed by atoms with van der Waals surface area (Å²) in [5.41, 5.74) is 4.00. The van der Waals surface area contributed by atoms with Crippen molar-refractivity contribution in [1.29, 1.82) is 0 Å². The monoisotopic (exact) mass is 269 g/mol. The standard InChI is InChI=1S/C11H15N3O3S/c1-18(16,17)14-6-2-3-8-7-9(11(15)13-12)4-5-10(8)14/h4-5,7H,2-3,6,12H2,1H3,(H,13,15). The van der Waals surface area contributed by atoms with Crippen LogP contribution in [0.1, 0.15) is 22.3 Å². The zero-order valence-electron chi connectivity index (χ0n) is 10.0. The number of sulfonamides is 1. The number of aryl methyl sites for hydroxylation is 1. The van der Waals surface area contributed by atoms with Crippen LogP contribution in [0.2, 0.25) is 0 Å². The Morgan fingerprint density at radius 2 is 2.17 bits per heavy atom. The minimum atomic E-state index is -3.27. The molecule has 6 nitrogen and oxygen atoms in total. The van der Waals surface area contributed by atoms with Crippen molar-refractivity contribution in [1.82, 2.24) is 5.43 Å². The maximum Gasteiger partial charge on any atom is 0.265 e. The van der Waals surface area contributed by atoms with Gasteiger partial charge in [-0.15, -0.1) is 0 Å². The summed E-state index contributed by atoms with van der Waals surface area (Å²) in [6, 6.07) is 4.92. The molecular formula is C11H15N3O3S. The van der Waals surface area contributed by atoms with Gasteiger partial charge < -0.3 is 0 Å². The van der Waals surface area contributed by atoms with E-state index in [9.17, 15) is 13.2 Å². The Kier molecular flexibility index (Phi) is 3.27. The van der Waals surface area contributed by atoms with Gasteiger partial charge in [0.2, 0.25) is 10.0 Å². The van der Waals surface area contributed by atoms with E-state index in [0.29, 0.717) is 17.8 Å². The molecule has 1 aliphatic heterocycles. The maximum absolute atomic E-state index is 11.7. The number of hydrazine groups is 1. The average molecular weight is 269 g/mol. The molecule has 0 atom stereocenters. The lowest BCUT2D eigenvalue weighted by Crippen LogP contribution is -2.35. The number of amides is 1. The second-order valence-electron chi connectivity index (χ2n) is 4.26. The van der Waals surface area contributed by atoms with Gasteiger partial charge in [-0.3, -0.25) is 14.5 Å². The van der Waals surface area contributed by atoms with E-state index in [0.717, 1.165) is 18.4 Å². The third kappa shape index (κ3) is 2.32. The number of nitrogen functional groups attached to an aromatic ring is 1. The molecule has 0 unspecified atom stereocenters. The molecule has 0 saturated carbocycles. The van der Waals surface area contributed by atoms with Crippen LogP contribution in [0.4, 0.5) is 5.69 Å². The summed E-state index contributed by atoms with van der Waals surface area (Å²) in [6.45, 7) is 0.480. The summed E-state index contributed by atoms with van der Waals surface area (Å²) in [4.78, 5) is 11.4. The average Bonchev–Trinajstić information content (AvgIpc) is 2.35. The zero-order chi connectivity index (χ0) is 13.3. The first-order valence-corrected chi connectivity index (χ1v) is 7.40. The fourth-order valence-corrected chi connectivity index (χ4v) is 3.13. The molecule has 0 aliphatic carbocycles. The fraction of sp³-hybridized carbons (Fsp3) is 0.364. The minimum Gasteiger partial charge on any atom is -0.290 e. The SMILES string of the molecule is CS(=O)(=O)N1CCCc2cc(C(=O)NN)ccc21. The number of nitrogens with zero attached hydrogens (tertiary/aromatic N) is 1. The number of hydrogen-bond acceptors (Lipinski definition) is 4. The van der Waals surface area contributed by atoms with Gasteiger partial charge in [-0.05, 0) is 36.6 Å². The molecule has 0 radical (unpaired) electrons. The highest BCUT2D eigenvalue weighted by Gasteiger charge is 2.24. The minimum absolute atomic E-state index is 0.380. The van der Waals surface area contributed by atoms with Crippen LogP contribution < -0.4 is 15.6 Å². The Morgan fingerprint density at radius 3 is 2.78 bits per heavy atom. The van der Waals surface area contributed by atoms with E-state index >= 15 is 0 Å². The molecule has 0 aromatic heterocycles. The van der Waals surface area contributed by atoms with Gasteiger partial charge in [-0.1, -0.05) is 0 Å². The number of carbonyl (C=O) groups excluding carboxylic acids is 1. The van der Waals surface area contributed by atoms with Crippen molar-refractivity contribution < 1.29 is 13.2 Å². The van der Waals surface area contributed by atoms with Crippen molar-refractivity contribution >= 4 is 21.6 Å². The third-order valence-electron chi connectivity index (χ3n) is 2.95. The van der Waals surface area contributed by atoms with Crippen LogP contribution in [-0.2, 0) is 16.4 Å². The lowest BCUT2D eigenvalue weighted by atomic mass is 10.0. The van der Waals surface area contributed by atoms with Gasteiger partial charge in [-0.25, -0.2) is 14.3 Å². The van der Waals surface area contributed by atoms with Gasteiger partial charge in [0, 0.05) is 12.1 Å². The molecule has 7 heteroatoms. The molecule has 0 fully saturated rings. The Balaban J connectivity index is 2.46. The van der Waals surface area contributed by atoms with Crippen molar-refractivity contribution in [2.45, 2.75) is 12.8 Å². The number of anilines is 1. The number of nitrogens with two attached hydrogens (primary N) is 1. The first kappa shape index (κ1) is 12.8. The molecule has 0 spiro atoms. The molecule has 98 valence electrons. The maximum atomic E-state index is 11.7. The first-order valence-electron chi connectivity index (χ1n) is 5.55. The van der Waals surface area contributed by atoms with E-state index in [1.165, 1.54) is 10.6 Å². The highest BCUT2D eigenvalue weighted by molar-refractivity contribution is 7.92. The van der Waals surface area contributed by atoms with E-state index in [2.05, 4.69) is 5.43 Å². The molecule has 2 rings (SSSR count). The van der Waals surface area contributed by atoms with Crippen LogP contribution in [0, 0.1) is 0 Å². The summed E-state index contributed by atoms with van der Waals surface area (Å²) in [7, 11) is -3.27. The van der Waals surface area contributed by atoms with Gasteiger partial charge in [0.05, 0.1) is 11.9 Å². The predicted octanol–water partition coefficient (Wildman–Crippen LogP) is 0.00230. The van der Waals surface area contributed by atoms with Crippen LogP contribution in [0.15, 0.2) is 18.2 Å². The van der Waals surface area contributed by atoms with Crippen molar-refractivity contribution in [3.8, 4) is 0 Å². The highest BCUT2D eigenvalue weighted by Crippen LogP contribution is 2.29. The van der Waals surface area contributed by atoms with E-state index < -0.39 is 10.0 Å². The Labute approximate surface area is 106 Å². The predicted molar refractivity (Wildman–Crippen MR) is 68.6 cm³/mol. The summed E-state index contributed by atoms with van der Waals surface area (Å²) < 4.78 is 24.7. The van der Waals surface area contributed by atoms with Crippen LogP contribution in [-0.4, -0.2) is 27.1 Å². The number of benzene rings is 1. The van der Waals surface area contributed by atoms with Gasteiger partial charge >= 0.3 is 0 Å². The van der Waals surface area contributed by atoms with Gasteiger partial charge in [0.25, 0.3) is 5.91 Å². The number of hydrogen-bond donors (Lipinski definition) is 2. The zero-order valence-corrected chi connectivity index (χ0v) is 10.8. The summed E-state index contributed by atoms with van der Waals surface area (Å²) in [5, 5.41) is 0. The quantitative estimate of drug-likeness (QED) is 0.449. The smallest absolute Gasteiger partial charge is 0.265 e. The number of fused-ring (bicyclic) bond motifs is 1. The van der Waals surface area contributed by atoms with Crippen molar-refractivity contribution in [3.05, 3.63) is 29.3 Å². The molecular weight excluding hydrogens is 254 g/mol. The molecule has 0 saturated heterocycles. The lowest BCUT2D eigenvalue weighted by molar-refractivity contribution is 0.0953. The third-order valence-corrected chi connectivity index (χ3v) is 4.13. The fourth-order valence-electron chi connectivity index (χ4n) is 2.13. The number of carbonyl (C=O) groups is 1. The Morgan fingerprint density at radius 1 is 1.44 bits per heavy atom. The summed E-state index contributed by atoms with van der Waals surface area (Å²) in [6.07, 6.45) is 2.68. The second kappa shape index (κ2) is 4.58. The van der Waals surface area contributed by atoms with Crippen molar-refractivity contribution in [3.63, 3.8) is 0 Å². The van der Waals surface area contributed by atoms with Gasteiger partial charge in [0.1, 0.15) is 0 Å². The largest absolute Gasteiger partial charge is 0.290 e. The molecule has 1 amide bonds. The van der Waals surface area contributed by atoms with Gasteiger partial charge in [0.15, 0.2) is 0 Å². The first-order chi connectivity index (χ1) is 8.43. The molecule has 3 N–H and O–H groups in total. The lowest BCUT2D eigenvalue weighted by Gasteiger charge is -2.29. The molecule has 1 aromatic carbocycles. The number of nitrogens with one attached hydrogen (secondary N) is 1. The highest BCUT2D eigenvalue weighted by atomic mass is 32.2. The van der Waals surface area contributed by atoms with Crippen molar-refractivity contribution in [2.75, 3.05) is 17.1 Å². The molecule has 1 heterocycles. The van der Waals surface area contributed by atoms with E-state index in [1.807, 2.05) is 0 Å². The van der Waals surface area contributed by atoms with Crippen LogP contribution in [0.3, 0.4) is 0 Å². The van der Waals surface area contributed by atoms with Crippen LogP contribution in [0.5, 0.6) is 0 Å². The molecule has 0 bridgehead atoms. The molecule has 1 aromatic rings. The second-order valence-corrected chi connectivity index (χ2v) is 6.16. The normalized spacial score (nSPS) is 15.1. The van der Waals surface area contributed by atoms with E-state index in [-0.39, 0.29) is 5.91 Å².